The van der Waals surface area contributed by atoms with Gasteiger partial charge in [-0.3, -0.25) is 20.2 Å². The predicted molar refractivity (Wildman–Crippen MR) is 77.4 cm³/mol. The summed E-state index contributed by atoms with van der Waals surface area (Å²) in [7, 11) is 0. The summed E-state index contributed by atoms with van der Waals surface area (Å²) in [6, 6.07) is 1.68. The van der Waals surface area contributed by atoms with Crippen LogP contribution in [0.25, 0.3) is 0 Å². The lowest BCUT2D eigenvalue weighted by atomic mass is 10.0. The Morgan fingerprint density at radius 2 is 1.77 bits per heavy atom. The van der Waals surface area contributed by atoms with Gasteiger partial charge >= 0.3 is 17.3 Å². The second-order valence-electron chi connectivity index (χ2n) is 5.22. The number of nitro benzene ring substituents is 2. The van der Waals surface area contributed by atoms with Gasteiger partial charge in [-0.2, -0.15) is 0 Å². The number of carboxylic acids is 1. The Morgan fingerprint density at radius 3 is 2.18 bits per heavy atom. The van der Waals surface area contributed by atoms with Gasteiger partial charge in [0.05, 0.1) is 15.4 Å². The van der Waals surface area contributed by atoms with Gasteiger partial charge < -0.3 is 10.0 Å². The quantitative estimate of drug-likeness (QED) is 0.668. The normalized spacial score (nSPS) is 18.0. The molecule has 0 saturated carbocycles. The van der Waals surface area contributed by atoms with Gasteiger partial charge in [0.15, 0.2) is 5.69 Å². The Bertz CT molecular complexity index is 610. The Kier molecular flexibility index (Phi) is 4.25. The third-order valence-electron chi connectivity index (χ3n) is 3.80. The molecule has 0 spiro atoms. The lowest BCUT2D eigenvalue weighted by Crippen LogP contribution is -2.38. The molecule has 118 valence electrons. The van der Waals surface area contributed by atoms with Gasteiger partial charge in [-0.1, -0.05) is 0 Å². The van der Waals surface area contributed by atoms with Crippen molar-refractivity contribution in [1.82, 2.24) is 0 Å². The van der Waals surface area contributed by atoms with Crippen LogP contribution in [0.2, 0.25) is 0 Å². The zero-order chi connectivity index (χ0) is 16.4. The zero-order valence-corrected chi connectivity index (χ0v) is 11.9. The van der Waals surface area contributed by atoms with Gasteiger partial charge in [-0.05, 0) is 26.2 Å². The second kappa shape index (κ2) is 5.96. The molecule has 0 unspecified atom stereocenters. The minimum atomic E-state index is -1.44. The van der Waals surface area contributed by atoms with E-state index in [1.807, 2.05) is 6.92 Å². The van der Waals surface area contributed by atoms with Crippen LogP contribution in [0.5, 0.6) is 0 Å². The molecule has 0 aliphatic carbocycles. The molecule has 22 heavy (non-hydrogen) atoms. The fourth-order valence-electron chi connectivity index (χ4n) is 2.73. The second-order valence-corrected chi connectivity index (χ2v) is 5.22. The van der Waals surface area contributed by atoms with Crippen LogP contribution in [-0.2, 0) is 0 Å². The first kappa shape index (κ1) is 15.7. The summed E-state index contributed by atoms with van der Waals surface area (Å²) in [5.41, 5.74) is -1.65. The number of benzene rings is 1. The number of hydrogen-bond acceptors (Lipinski definition) is 6. The third-order valence-corrected chi connectivity index (χ3v) is 3.80. The average molecular weight is 309 g/mol. The molecule has 9 nitrogen and oxygen atoms in total. The van der Waals surface area contributed by atoms with Crippen molar-refractivity contribution >= 4 is 23.0 Å². The van der Waals surface area contributed by atoms with Crippen LogP contribution >= 0.6 is 0 Å². The van der Waals surface area contributed by atoms with Crippen molar-refractivity contribution in [3.05, 3.63) is 37.9 Å². The Labute approximate surface area is 125 Å². The first-order valence-corrected chi connectivity index (χ1v) is 6.79. The van der Waals surface area contributed by atoms with Crippen molar-refractivity contribution in [1.29, 1.82) is 0 Å². The summed E-state index contributed by atoms with van der Waals surface area (Å²) in [5, 5.41) is 31.6. The van der Waals surface area contributed by atoms with E-state index >= 15 is 0 Å². The molecule has 1 fully saturated rings. The molecule has 1 saturated heterocycles. The summed E-state index contributed by atoms with van der Waals surface area (Å²) < 4.78 is 0. The number of carboxylic acid groups (broad SMARTS) is 1. The smallest absolute Gasteiger partial charge is 0.336 e. The van der Waals surface area contributed by atoms with Crippen molar-refractivity contribution in [2.24, 2.45) is 0 Å². The topological polar surface area (TPSA) is 127 Å². The van der Waals surface area contributed by atoms with Crippen molar-refractivity contribution < 1.29 is 19.7 Å². The molecule has 1 aromatic carbocycles. The fraction of sp³-hybridized carbons (Fsp3) is 0.462. The summed E-state index contributed by atoms with van der Waals surface area (Å²) in [6.07, 6.45) is 2.50. The number of piperidine rings is 1. The predicted octanol–water partition coefficient (Wildman–Crippen LogP) is 2.58. The molecule has 0 aromatic heterocycles. The van der Waals surface area contributed by atoms with Gasteiger partial charge in [0.2, 0.25) is 0 Å². The highest BCUT2D eigenvalue weighted by molar-refractivity contribution is 5.92. The fourth-order valence-corrected chi connectivity index (χ4v) is 2.73. The number of nitro groups is 2. The molecule has 2 rings (SSSR count). The maximum absolute atomic E-state index is 11.3. The minimum absolute atomic E-state index is 0.0816. The van der Waals surface area contributed by atoms with Crippen molar-refractivity contribution in [3.63, 3.8) is 0 Å². The highest BCUT2D eigenvalue weighted by Crippen LogP contribution is 2.41. The SMILES string of the molecule is C[C@H]1CCCCN1c1c([N+](=O)[O-])cc(C(=O)O)cc1[N+](=O)[O-]. The summed E-state index contributed by atoms with van der Waals surface area (Å²) >= 11 is 0. The highest BCUT2D eigenvalue weighted by atomic mass is 16.6. The molecule has 0 amide bonds. The average Bonchev–Trinajstić information content (AvgIpc) is 2.46. The molecule has 9 heteroatoms. The van der Waals surface area contributed by atoms with Crippen LogP contribution in [0.15, 0.2) is 12.1 Å². The van der Waals surface area contributed by atoms with Gasteiger partial charge in [-0.25, -0.2) is 4.79 Å². The van der Waals surface area contributed by atoms with E-state index in [1.165, 1.54) is 0 Å². The zero-order valence-electron chi connectivity index (χ0n) is 11.9. The third kappa shape index (κ3) is 2.83. The molecule has 1 aliphatic rings. The van der Waals surface area contributed by atoms with Crippen molar-refractivity contribution in [3.8, 4) is 0 Å². The van der Waals surface area contributed by atoms with E-state index in [0.717, 1.165) is 31.4 Å². The Balaban J connectivity index is 2.70. The molecular formula is C13H15N3O6. The number of carbonyl (C=O) groups is 1. The van der Waals surface area contributed by atoms with E-state index in [1.54, 1.807) is 4.90 Å². The van der Waals surface area contributed by atoms with Gasteiger partial charge in [-0.15, -0.1) is 0 Å². The summed E-state index contributed by atoms with van der Waals surface area (Å²) in [4.78, 5) is 33.7. The van der Waals surface area contributed by atoms with Crippen LogP contribution in [0.4, 0.5) is 17.1 Å². The standard InChI is InChI=1S/C13H15N3O6/c1-8-4-2-3-5-14(8)12-10(15(19)20)6-9(13(17)18)7-11(12)16(21)22/h6-8H,2-5H2,1H3,(H,17,18)/t8-/m0/s1. The Hall–Kier alpha value is -2.71. The monoisotopic (exact) mass is 309 g/mol. The lowest BCUT2D eigenvalue weighted by molar-refractivity contribution is -0.392. The van der Waals surface area contributed by atoms with Gasteiger partial charge in [0.25, 0.3) is 0 Å². The Morgan fingerprint density at radius 1 is 1.23 bits per heavy atom. The van der Waals surface area contributed by atoms with Crippen LogP contribution in [0, 0.1) is 20.2 Å². The van der Waals surface area contributed by atoms with Crippen LogP contribution in [0.1, 0.15) is 36.5 Å². The van der Waals surface area contributed by atoms with Crippen LogP contribution in [-0.4, -0.2) is 33.5 Å². The highest BCUT2D eigenvalue weighted by Gasteiger charge is 2.35. The molecule has 1 N–H and O–H groups in total. The van der Waals surface area contributed by atoms with Gasteiger partial charge in [0, 0.05) is 24.7 Å². The van der Waals surface area contributed by atoms with E-state index < -0.39 is 32.8 Å². The van der Waals surface area contributed by atoms with Crippen molar-refractivity contribution in [2.75, 3.05) is 11.4 Å². The lowest BCUT2D eigenvalue weighted by Gasteiger charge is -2.34. The molecular weight excluding hydrogens is 294 g/mol. The van der Waals surface area contributed by atoms with E-state index in [9.17, 15) is 25.0 Å². The summed E-state index contributed by atoms with van der Waals surface area (Å²) in [6.45, 7) is 2.31. The number of rotatable bonds is 4. The van der Waals surface area contributed by atoms with Crippen LogP contribution < -0.4 is 4.90 Å². The van der Waals surface area contributed by atoms with E-state index in [-0.39, 0.29) is 11.7 Å². The maximum Gasteiger partial charge on any atom is 0.336 e. The number of nitrogens with zero attached hydrogens (tertiary/aromatic N) is 3. The maximum atomic E-state index is 11.3. The van der Waals surface area contributed by atoms with E-state index in [4.69, 9.17) is 5.11 Å². The first-order valence-electron chi connectivity index (χ1n) is 6.79. The number of hydrogen-bond donors (Lipinski definition) is 1. The summed E-state index contributed by atoms with van der Waals surface area (Å²) in [5.74, 6) is -1.44. The van der Waals surface area contributed by atoms with Crippen molar-refractivity contribution in [2.45, 2.75) is 32.2 Å². The van der Waals surface area contributed by atoms with E-state index in [0.29, 0.717) is 6.54 Å². The molecule has 1 heterocycles. The number of anilines is 1. The van der Waals surface area contributed by atoms with Crippen LogP contribution in [0.3, 0.4) is 0 Å². The largest absolute Gasteiger partial charge is 0.478 e. The molecule has 1 aliphatic heterocycles. The molecule has 0 radical (unpaired) electrons. The number of aromatic carboxylic acids is 1. The van der Waals surface area contributed by atoms with Gasteiger partial charge in [0.1, 0.15) is 0 Å². The molecule has 0 bridgehead atoms. The molecule has 1 aromatic rings. The first-order chi connectivity index (χ1) is 10.3. The molecule has 1 atom stereocenters. The minimum Gasteiger partial charge on any atom is -0.478 e. The van der Waals surface area contributed by atoms with E-state index in [2.05, 4.69) is 0 Å².